The van der Waals surface area contributed by atoms with Crippen LogP contribution in [0.1, 0.15) is 53.4 Å². The monoisotopic (exact) mass is 197 g/mol. The van der Waals surface area contributed by atoms with Gasteiger partial charge in [0.2, 0.25) is 0 Å². The van der Waals surface area contributed by atoms with Crippen LogP contribution in [0, 0.1) is 11.8 Å². The summed E-state index contributed by atoms with van der Waals surface area (Å²) < 4.78 is 0. The number of hydrogen-bond acceptors (Lipinski definition) is 1. The van der Waals surface area contributed by atoms with Crippen molar-refractivity contribution >= 4 is 0 Å². The van der Waals surface area contributed by atoms with E-state index in [0.29, 0.717) is 6.04 Å². The summed E-state index contributed by atoms with van der Waals surface area (Å²) >= 11 is 0. The Morgan fingerprint density at radius 3 is 1.86 bits per heavy atom. The van der Waals surface area contributed by atoms with Crippen molar-refractivity contribution in [2.75, 3.05) is 7.05 Å². The molecule has 0 amide bonds. The Kier molecular flexibility index (Phi) is 4.43. The topological polar surface area (TPSA) is 3.24 Å². The molecule has 0 aromatic heterocycles. The molecule has 1 heteroatoms. The average Bonchev–Trinajstić information content (AvgIpc) is 2.56. The zero-order valence-corrected chi connectivity index (χ0v) is 10.6. The summed E-state index contributed by atoms with van der Waals surface area (Å²) in [4.78, 5) is 2.58. The maximum atomic E-state index is 2.58. The SMILES string of the molecule is CC(C)C(C1CCCC1)N(C)C(C)C. The minimum atomic E-state index is 0.683. The fourth-order valence-corrected chi connectivity index (χ4v) is 2.99. The van der Waals surface area contributed by atoms with Crippen LogP contribution in [0.25, 0.3) is 0 Å². The first-order valence-corrected chi connectivity index (χ1v) is 6.26. The second-order valence-electron chi connectivity index (χ2n) is 5.54. The van der Waals surface area contributed by atoms with E-state index in [4.69, 9.17) is 0 Å². The Morgan fingerprint density at radius 2 is 1.50 bits per heavy atom. The van der Waals surface area contributed by atoms with Gasteiger partial charge in [0.25, 0.3) is 0 Å². The van der Waals surface area contributed by atoms with Crippen molar-refractivity contribution in [3.8, 4) is 0 Å². The minimum absolute atomic E-state index is 0.683. The van der Waals surface area contributed by atoms with E-state index in [1.54, 1.807) is 0 Å². The molecule has 0 heterocycles. The lowest BCUT2D eigenvalue weighted by molar-refractivity contribution is 0.102. The van der Waals surface area contributed by atoms with Crippen molar-refractivity contribution in [1.82, 2.24) is 4.90 Å². The Labute approximate surface area is 89.9 Å². The van der Waals surface area contributed by atoms with Gasteiger partial charge in [0.1, 0.15) is 0 Å². The van der Waals surface area contributed by atoms with Crippen LogP contribution in [-0.2, 0) is 0 Å². The van der Waals surface area contributed by atoms with Gasteiger partial charge in [-0.1, -0.05) is 26.7 Å². The highest BCUT2D eigenvalue weighted by Gasteiger charge is 2.31. The van der Waals surface area contributed by atoms with Crippen molar-refractivity contribution in [3.63, 3.8) is 0 Å². The van der Waals surface area contributed by atoms with E-state index in [1.807, 2.05) is 0 Å². The van der Waals surface area contributed by atoms with Crippen molar-refractivity contribution in [3.05, 3.63) is 0 Å². The van der Waals surface area contributed by atoms with E-state index >= 15 is 0 Å². The maximum absolute atomic E-state index is 2.58. The van der Waals surface area contributed by atoms with Gasteiger partial charge < -0.3 is 4.90 Å². The van der Waals surface area contributed by atoms with Gasteiger partial charge in [0, 0.05) is 12.1 Å². The van der Waals surface area contributed by atoms with Crippen molar-refractivity contribution < 1.29 is 0 Å². The van der Waals surface area contributed by atoms with Crippen molar-refractivity contribution in [1.29, 1.82) is 0 Å². The van der Waals surface area contributed by atoms with Crippen LogP contribution in [0.3, 0.4) is 0 Å². The van der Waals surface area contributed by atoms with Gasteiger partial charge in [-0.25, -0.2) is 0 Å². The summed E-state index contributed by atoms with van der Waals surface area (Å²) in [6.45, 7) is 9.37. The van der Waals surface area contributed by atoms with Crippen LogP contribution in [0.5, 0.6) is 0 Å². The third-order valence-electron chi connectivity index (χ3n) is 3.85. The van der Waals surface area contributed by atoms with Crippen LogP contribution in [-0.4, -0.2) is 24.0 Å². The lowest BCUT2D eigenvalue weighted by Gasteiger charge is -2.38. The fraction of sp³-hybridized carbons (Fsp3) is 1.00. The van der Waals surface area contributed by atoms with Gasteiger partial charge in [-0.3, -0.25) is 0 Å². The smallest absolute Gasteiger partial charge is 0.0146 e. The second kappa shape index (κ2) is 5.16. The Balaban J connectivity index is 2.62. The fourth-order valence-electron chi connectivity index (χ4n) is 2.99. The lowest BCUT2D eigenvalue weighted by atomic mass is 9.87. The van der Waals surface area contributed by atoms with Gasteiger partial charge >= 0.3 is 0 Å². The largest absolute Gasteiger partial charge is 0.300 e. The predicted molar refractivity (Wildman–Crippen MR) is 63.5 cm³/mol. The molecule has 1 unspecified atom stereocenters. The Bertz CT molecular complexity index is 155. The molecule has 1 atom stereocenters. The van der Waals surface area contributed by atoms with Gasteiger partial charge in [-0.15, -0.1) is 0 Å². The van der Waals surface area contributed by atoms with Gasteiger partial charge in [-0.05, 0) is 45.6 Å². The molecule has 0 aromatic rings. The Hall–Kier alpha value is -0.0400. The third-order valence-corrected chi connectivity index (χ3v) is 3.85. The Morgan fingerprint density at radius 1 is 1.00 bits per heavy atom. The molecule has 0 bridgehead atoms. The predicted octanol–water partition coefficient (Wildman–Crippen LogP) is 3.54. The molecule has 0 aliphatic heterocycles. The summed E-state index contributed by atoms with van der Waals surface area (Å²) in [5.74, 6) is 1.76. The average molecular weight is 197 g/mol. The maximum Gasteiger partial charge on any atom is 0.0146 e. The summed E-state index contributed by atoms with van der Waals surface area (Å²) in [5.41, 5.74) is 0. The van der Waals surface area contributed by atoms with Crippen LogP contribution in [0.15, 0.2) is 0 Å². The molecule has 1 saturated carbocycles. The molecule has 0 spiro atoms. The van der Waals surface area contributed by atoms with Crippen molar-refractivity contribution in [2.24, 2.45) is 11.8 Å². The molecule has 14 heavy (non-hydrogen) atoms. The van der Waals surface area contributed by atoms with Crippen LogP contribution < -0.4 is 0 Å². The summed E-state index contributed by atoms with van der Waals surface area (Å²) in [6, 6.07) is 1.49. The summed E-state index contributed by atoms with van der Waals surface area (Å²) in [6.07, 6.45) is 5.83. The van der Waals surface area contributed by atoms with E-state index in [9.17, 15) is 0 Å². The van der Waals surface area contributed by atoms with Gasteiger partial charge in [0.05, 0.1) is 0 Å². The molecule has 0 radical (unpaired) electrons. The summed E-state index contributed by atoms with van der Waals surface area (Å²) in [5, 5.41) is 0. The van der Waals surface area contributed by atoms with E-state index in [-0.39, 0.29) is 0 Å². The zero-order chi connectivity index (χ0) is 10.7. The van der Waals surface area contributed by atoms with Crippen LogP contribution in [0.4, 0.5) is 0 Å². The van der Waals surface area contributed by atoms with Gasteiger partial charge in [0.15, 0.2) is 0 Å². The molecule has 0 saturated heterocycles. The molecule has 1 nitrogen and oxygen atoms in total. The molecule has 1 aliphatic carbocycles. The molecule has 0 aromatic carbocycles. The van der Waals surface area contributed by atoms with Gasteiger partial charge in [-0.2, -0.15) is 0 Å². The first-order valence-electron chi connectivity index (χ1n) is 6.26. The van der Waals surface area contributed by atoms with Crippen molar-refractivity contribution in [2.45, 2.75) is 65.5 Å². The second-order valence-corrected chi connectivity index (χ2v) is 5.54. The quantitative estimate of drug-likeness (QED) is 0.666. The third kappa shape index (κ3) is 2.73. The molecule has 1 rings (SSSR count). The van der Waals surface area contributed by atoms with E-state index in [0.717, 1.165) is 17.9 Å². The number of hydrogen-bond donors (Lipinski definition) is 0. The van der Waals surface area contributed by atoms with E-state index in [2.05, 4.69) is 39.6 Å². The zero-order valence-electron chi connectivity index (χ0n) is 10.6. The normalized spacial score (nSPS) is 21.4. The lowest BCUT2D eigenvalue weighted by Crippen LogP contribution is -2.44. The molecular formula is C13H27N. The van der Waals surface area contributed by atoms with E-state index in [1.165, 1.54) is 25.7 Å². The number of rotatable bonds is 4. The highest BCUT2D eigenvalue weighted by Crippen LogP contribution is 2.33. The number of nitrogens with zero attached hydrogens (tertiary/aromatic N) is 1. The molecule has 1 fully saturated rings. The highest BCUT2D eigenvalue weighted by molar-refractivity contribution is 4.84. The summed E-state index contributed by atoms with van der Waals surface area (Å²) in [7, 11) is 2.30. The van der Waals surface area contributed by atoms with Crippen LogP contribution in [0.2, 0.25) is 0 Å². The first kappa shape index (κ1) is 12.0. The molecule has 0 N–H and O–H groups in total. The standard InChI is InChI=1S/C13H27N/c1-10(2)13(14(5)11(3)4)12-8-6-7-9-12/h10-13H,6-9H2,1-5H3. The van der Waals surface area contributed by atoms with E-state index < -0.39 is 0 Å². The van der Waals surface area contributed by atoms with Crippen LogP contribution >= 0.6 is 0 Å². The molecule has 84 valence electrons. The molecular weight excluding hydrogens is 170 g/mol. The first-order chi connectivity index (χ1) is 6.54. The highest BCUT2D eigenvalue weighted by atomic mass is 15.2. The molecule has 1 aliphatic rings. The minimum Gasteiger partial charge on any atom is -0.300 e.